The van der Waals surface area contributed by atoms with E-state index in [9.17, 15) is 0 Å². The minimum absolute atomic E-state index is 0.0716. The molecule has 106 valence electrons. The number of allylic oxidation sites excluding steroid dienone is 1. The predicted octanol–water partition coefficient (Wildman–Crippen LogP) is 3.42. The SMILES string of the molecule is OC/C=C/CCCCCCCOC1CCCCO1. The molecule has 1 atom stereocenters. The van der Waals surface area contributed by atoms with Crippen LogP contribution in [0.15, 0.2) is 12.2 Å². The summed E-state index contributed by atoms with van der Waals surface area (Å²) in [5.74, 6) is 0. The van der Waals surface area contributed by atoms with Crippen LogP contribution in [0.5, 0.6) is 0 Å². The van der Waals surface area contributed by atoms with Gasteiger partial charge in [0.2, 0.25) is 0 Å². The van der Waals surface area contributed by atoms with Gasteiger partial charge < -0.3 is 14.6 Å². The van der Waals surface area contributed by atoms with E-state index in [2.05, 4.69) is 6.08 Å². The van der Waals surface area contributed by atoms with E-state index in [-0.39, 0.29) is 12.9 Å². The van der Waals surface area contributed by atoms with Crippen molar-refractivity contribution in [2.75, 3.05) is 19.8 Å². The number of ether oxygens (including phenoxy) is 2. The molecular weight excluding hydrogens is 228 g/mol. The third-order valence-electron chi connectivity index (χ3n) is 3.23. The highest BCUT2D eigenvalue weighted by atomic mass is 16.7. The number of hydrogen-bond donors (Lipinski definition) is 1. The predicted molar refractivity (Wildman–Crippen MR) is 73.5 cm³/mol. The first-order valence-electron chi connectivity index (χ1n) is 7.42. The smallest absolute Gasteiger partial charge is 0.157 e. The fourth-order valence-corrected chi connectivity index (χ4v) is 2.14. The van der Waals surface area contributed by atoms with Gasteiger partial charge in [0, 0.05) is 13.2 Å². The summed E-state index contributed by atoms with van der Waals surface area (Å²) in [6, 6.07) is 0. The highest BCUT2D eigenvalue weighted by Crippen LogP contribution is 2.14. The number of aliphatic hydroxyl groups excluding tert-OH is 1. The van der Waals surface area contributed by atoms with Crippen LogP contribution in [0, 0.1) is 0 Å². The molecule has 0 radical (unpaired) electrons. The van der Waals surface area contributed by atoms with Gasteiger partial charge in [-0.25, -0.2) is 0 Å². The average Bonchev–Trinajstić information content (AvgIpc) is 2.42. The third-order valence-corrected chi connectivity index (χ3v) is 3.23. The van der Waals surface area contributed by atoms with Crippen molar-refractivity contribution in [2.45, 2.75) is 64.1 Å². The third kappa shape index (κ3) is 8.67. The van der Waals surface area contributed by atoms with Gasteiger partial charge in [-0.2, -0.15) is 0 Å². The van der Waals surface area contributed by atoms with Gasteiger partial charge in [0.25, 0.3) is 0 Å². The zero-order valence-corrected chi connectivity index (χ0v) is 11.5. The van der Waals surface area contributed by atoms with Crippen LogP contribution in [-0.2, 0) is 9.47 Å². The second-order valence-electron chi connectivity index (χ2n) is 4.88. The van der Waals surface area contributed by atoms with E-state index in [1.165, 1.54) is 38.5 Å². The molecule has 0 aromatic rings. The van der Waals surface area contributed by atoms with E-state index >= 15 is 0 Å². The van der Waals surface area contributed by atoms with Gasteiger partial charge in [-0.15, -0.1) is 0 Å². The van der Waals surface area contributed by atoms with Crippen LogP contribution in [0.4, 0.5) is 0 Å². The van der Waals surface area contributed by atoms with E-state index in [4.69, 9.17) is 14.6 Å². The Morgan fingerprint density at radius 3 is 2.67 bits per heavy atom. The van der Waals surface area contributed by atoms with Crippen molar-refractivity contribution in [3.05, 3.63) is 12.2 Å². The lowest BCUT2D eigenvalue weighted by atomic mass is 10.1. The number of unbranched alkanes of at least 4 members (excludes halogenated alkanes) is 5. The van der Waals surface area contributed by atoms with Crippen molar-refractivity contribution in [3.8, 4) is 0 Å². The second-order valence-corrected chi connectivity index (χ2v) is 4.88. The van der Waals surface area contributed by atoms with E-state index in [1.54, 1.807) is 0 Å². The van der Waals surface area contributed by atoms with Gasteiger partial charge in [-0.1, -0.05) is 31.4 Å². The maximum absolute atomic E-state index is 8.56. The second kappa shape index (κ2) is 11.7. The van der Waals surface area contributed by atoms with E-state index in [0.717, 1.165) is 32.5 Å². The number of rotatable bonds is 10. The average molecular weight is 256 g/mol. The topological polar surface area (TPSA) is 38.7 Å². The van der Waals surface area contributed by atoms with Crippen molar-refractivity contribution in [1.82, 2.24) is 0 Å². The monoisotopic (exact) mass is 256 g/mol. The minimum atomic E-state index is 0.0716. The highest BCUT2D eigenvalue weighted by molar-refractivity contribution is 4.80. The Bertz CT molecular complexity index is 198. The molecule has 1 N–H and O–H groups in total. The molecule has 0 saturated carbocycles. The van der Waals surface area contributed by atoms with Crippen LogP contribution in [0.2, 0.25) is 0 Å². The molecule has 0 amide bonds. The molecule has 0 spiro atoms. The lowest BCUT2D eigenvalue weighted by molar-refractivity contribution is -0.162. The Balaban J connectivity index is 1.76. The molecule has 1 heterocycles. The van der Waals surface area contributed by atoms with Crippen LogP contribution in [-0.4, -0.2) is 31.2 Å². The van der Waals surface area contributed by atoms with Crippen molar-refractivity contribution in [1.29, 1.82) is 0 Å². The van der Waals surface area contributed by atoms with Crippen LogP contribution in [0.1, 0.15) is 57.8 Å². The van der Waals surface area contributed by atoms with E-state index in [1.807, 2.05) is 6.08 Å². The van der Waals surface area contributed by atoms with Crippen LogP contribution in [0.3, 0.4) is 0 Å². The van der Waals surface area contributed by atoms with Crippen molar-refractivity contribution in [2.24, 2.45) is 0 Å². The zero-order chi connectivity index (χ0) is 12.9. The molecule has 3 nitrogen and oxygen atoms in total. The standard InChI is InChI=1S/C15H28O3/c16-12-8-5-3-1-2-4-6-9-13-17-15-11-7-10-14-18-15/h5,8,15-16H,1-4,6-7,9-14H2/b8-5+. The Kier molecular flexibility index (Phi) is 10.2. The summed E-state index contributed by atoms with van der Waals surface area (Å²) in [6.07, 6.45) is 14.7. The molecule has 1 fully saturated rings. The molecule has 1 aliphatic rings. The Morgan fingerprint density at radius 2 is 1.89 bits per heavy atom. The van der Waals surface area contributed by atoms with Crippen LogP contribution < -0.4 is 0 Å². The summed E-state index contributed by atoms with van der Waals surface area (Å²) in [6.45, 7) is 1.88. The summed E-state index contributed by atoms with van der Waals surface area (Å²) >= 11 is 0. The Labute approximate surface area is 111 Å². The first-order chi connectivity index (χ1) is 8.93. The van der Waals surface area contributed by atoms with Crippen molar-refractivity contribution >= 4 is 0 Å². The summed E-state index contributed by atoms with van der Waals surface area (Å²) in [7, 11) is 0. The van der Waals surface area contributed by atoms with Crippen molar-refractivity contribution in [3.63, 3.8) is 0 Å². The normalized spacial score (nSPS) is 20.6. The quantitative estimate of drug-likeness (QED) is 0.481. The molecule has 3 heteroatoms. The molecule has 1 aliphatic heterocycles. The van der Waals surface area contributed by atoms with Crippen molar-refractivity contribution < 1.29 is 14.6 Å². The lowest BCUT2D eigenvalue weighted by Gasteiger charge is -2.22. The van der Waals surface area contributed by atoms with Gasteiger partial charge in [0.05, 0.1) is 6.61 Å². The van der Waals surface area contributed by atoms with Gasteiger partial charge in [0.15, 0.2) is 6.29 Å². The van der Waals surface area contributed by atoms with Gasteiger partial charge in [0.1, 0.15) is 0 Å². The molecule has 0 bridgehead atoms. The minimum Gasteiger partial charge on any atom is -0.392 e. The highest BCUT2D eigenvalue weighted by Gasteiger charge is 2.12. The largest absolute Gasteiger partial charge is 0.392 e. The molecule has 1 unspecified atom stereocenters. The van der Waals surface area contributed by atoms with E-state index < -0.39 is 0 Å². The van der Waals surface area contributed by atoms with E-state index in [0.29, 0.717) is 0 Å². The summed E-state index contributed by atoms with van der Waals surface area (Å²) < 4.78 is 11.2. The molecule has 1 saturated heterocycles. The summed E-state index contributed by atoms with van der Waals surface area (Å²) in [4.78, 5) is 0. The molecular formula is C15H28O3. The summed E-state index contributed by atoms with van der Waals surface area (Å²) in [5, 5.41) is 8.56. The fraction of sp³-hybridized carbons (Fsp3) is 0.867. The maximum atomic E-state index is 8.56. The Morgan fingerprint density at radius 1 is 1.06 bits per heavy atom. The first kappa shape index (κ1) is 15.7. The van der Waals surface area contributed by atoms with Crippen LogP contribution >= 0.6 is 0 Å². The Hall–Kier alpha value is -0.380. The van der Waals surface area contributed by atoms with Gasteiger partial charge >= 0.3 is 0 Å². The van der Waals surface area contributed by atoms with Gasteiger partial charge in [-0.05, 0) is 38.5 Å². The van der Waals surface area contributed by atoms with Crippen LogP contribution in [0.25, 0.3) is 0 Å². The number of hydrogen-bond acceptors (Lipinski definition) is 3. The maximum Gasteiger partial charge on any atom is 0.157 e. The summed E-state index contributed by atoms with van der Waals surface area (Å²) in [5.41, 5.74) is 0. The molecule has 0 aromatic heterocycles. The fourth-order valence-electron chi connectivity index (χ4n) is 2.14. The molecule has 0 aromatic carbocycles. The molecule has 18 heavy (non-hydrogen) atoms. The molecule has 0 aliphatic carbocycles. The first-order valence-corrected chi connectivity index (χ1v) is 7.42. The van der Waals surface area contributed by atoms with Gasteiger partial charge in [-0.3, -0.25) is 0 Å². The zero-order valence-electron chi connectivity index (χ0n) is 11.5. The lowest BCUT2D eigenvalue weighted by Crippen LogP contribution is -2.22. The number of aliphatic hydroxyl groups is 1. The molecule has 1 rings (SSSR count).